The number of carbonyl (C=O) groups excluding carboxylic acids is 1. The Kier molecular flexibility index (Phi) is 4.96. The second-order valence-corrected chi connectivity index (χ2v) is 5.92. The lowest BCUT2D eigenvalue weighted by atomic mass is 10.2. The topological polar surface area (TPSA) is 49.6 Å². The summed E-state index contributed by atoms with van der Waals surface area (Å²) in [5.74, 6) is 2.26. The third-order valence-corrected chi connectivity index (χ3v) is 4.23. The van der Waals surface area contributed by atoms with Crippen molar-refractivity contribution in [1.82, 2.24) is 4.90 Å². The van der Waals surface area contributed by atoms with Crippen LogP contribution in [0.25, 0.3) is 0 Å². The van der Waals surface area contributed by atoms with E-state index in [1.165, 1.54) is 0 Å². The standard InChI is InChI=1S/C14H21N3OS/c1-2-19-11-5-8-16-9-10-17(14(16)18)13-7-4-3-6-12(13)15/h3-4,6-7H,2,5,8-11,15H2,1H3. The molecule has 0 unspecified atom stereocenters. The van der Waals surface area contributed by atoms with Gasteiger partial charge in [0.05, 0.1) is 11.4 Å². The molecule has 0 aliphatic carbocycles. The first-order valence-electron chi connectivity index (χ1n) is 6.72. The molecule has 1 aromatic carbocycles. The van der Waals surface area contributed by atoms with E-state index in [2.05, 4.69) is 6.92 Å². The van der Waals surface area contributed by atoms with Gasteiger partial charge in [-0.2, -0.15) is 11.8 Å². The number of benzene rings is 1. The van der Waals surface area contributed by atoms with Crippen LogP contribution in [-0.4, -0.2) is 42.1 Å². The normalized spacial score (nSPS) is 15.3. The number of rotatable bonds is 6. The number of urea groups is 1. The average molecular weight is 279 g/mol. The number of nitrogens with zero attached hydrogens (tertiary/aromatic N) is 2. The summed E-state index contributed by atoms with van der Waals surface area (Å²) >= 11 is 1.92. The molecule has 1 aliphatic rings. The van der Waals surface area contributed by atoms with Crippen LogP contribution in [-0.2, 0) is 0 Å². The summed E-state index contributed by atoms with van der Waals surface area (Å²) in [5, 5.41) is 0. The lowest BCUT2D eigenvalue weighted by Crippen LogP contribution is -2.33. The quantitative estimate of drug-likeness (QED) is 0.643. The van der Waals surface area contributed by atoms with Gasteiger partial charge >= 0.3 is 6.03 Å². The third-order valence-electron chi connectivity index (χ3n) is 3.24. The van der Waals surface area contributed by atoms with Gasteiger partial charge in [-0.25, -0.2) is 4.79 Å². The zero-order valence-electron chi connectivity index (χ0n) is 11.3. The highest BCUT2D eigenvalue weighted by atomic mass is 32.2. The van der Waals surface area contributed by atoms with Gasteiger partial charge < -0.3 is 10.6 Å². The molecule has 104 valence electrons. The first kappa shape index (κ1) is 14.1. The maximum atomic E-state index is 12.3. The fourth-order valence-electron chi connectivity index (χ4n) is 2.25. The summed E-state index contributed by atoms with van der Waals surface area (Å²) in [6.45, 7) is 4.53. The number of anilines is 2. The molecule has 2 rings (SSSR count). The molecule has 1 heterocycles. The first-order chi connectivity index (χ1) is 9.24. The lowest BCUT2D eigenvalue weighted by Gasteiger charge is -2.19. The molecule has 1 saturated heterocycles. The molecule has 0 bridgehead atoms. The van der Waals surface area contributed by atoms with Crippen LogP contribution in [0.15, 0.2) is 24.3 Å². The van der Waals surface area contributed by atoms with Crippen LogP contribution in [0, 0.1) is 0 Å². The van der Waals surface area contributed by atoms with Gasteiger partial charge in [-0.05, 0) is 30.1 Å². The van der Waals surface area contributed by atoms with Crippen LogP contribution in [0.3, 0.4) is 0 Å². The van der Waals surface area contributed by atoms with Crippen LogP contribution >= 0.6 is 11.8 Å². The first-order valence-corrected chi connectivity index (χ1v) is 7.88. The van der Waals surface area contributed by atoms with Crippen LogP contribution < -0.4 is 10.6 Å². The van der Waals surface area contributed by atoms with Crippen molar-refractivity contribution < 1.29 is 4.79 Å². The molecule has 0 aromatic heterocycles. The number of thioether (sulfide) groups is 1. The van der Waals surface area contributed by atoms with E-state index >= 15 is 0 Å². The average Bonchev–Trinajstić information content (AvgIpc) is 2.77. The molecule has 0 saturated carbocycles. The highest BCUT2D eigenvalue weighted by molar-refractivity contribution is 7.99. The Morgan fingerprint density at radius 1 is 1.32 bits per heavy atom. The maximum Gasteiger partial charge on any atom is 0.324 e. The smallest absolute Gasteiger partial charge is 0.324 e. The van der Waals surface area contributed by atoms with Crippen LogP contribution in [0.4, 0.5) is 16.2 Å². The molecule has 0 spiro atoms. The third kappa shape index (κ3) is 3.35. The van der Waals surface area contributed by atoms with Crippen molar-refractivity contribution in [1.29, 1.82) is 0 Å². The second kappa shape index (κ2) is 6.70. The summed E-state index contributed by atoms with van der Waals surface area (Å²) in [5.41, 5.74) is 7.43. The van der Waals surface area contributed by atoms with Crippen molar-refractivity contribution in [3.8, 4) is 0 Å². The van der Waals surface area contributed by atoms with Gasteiger partial charge in [-0.3, -0.25) is 4.90 Å². The Bertz CT molecular complexity index is 438. The Hall–Kier alpha value is -1.36. The summed E-state index contributed by atoms with van der Waals surface area (Å²) in [6.07, 6.45) is 1.06. The number of para-hydroxylation sites is 2. The predicted molar refractivity (Wildman–Crippen MR) is 82.8 cm³/mol. The van der Waals surface area contributed by atoms with Gasteiger partial charge in [0.2, 0.25) is 0 Å². The highest BCUT2D eigenvalue weighted by Crippen LogP contribution is 2.26. The van der Waals surface area contributed by atoms with Gasteiger partial charge in [0.25, 0.3) is 0 Å². The second-order valence-electron chi connectivity index (χ2n) is 4.53. The Balaban J connectivity index is 1.93. The largest absolute Gasteiger partial charge is 0.397 e. The molecule has 2 N–H and O–H groups in total. The summed E-state index contributed by atoms with van der Waals surface area (Å²) in [6, 6.07) is 7.63. The number of amides is 2. The SMILES string of the molecule is CCSCCCN1CCN(c2ccccc2N)C1=O. The number of carbonyl (C=O) groups is 1. The van der Waals surface area contributed by atoms with Crippen molar-refractivity contribution in [2.24, 2.45) is 0 Å². The van der Waals surface area contributed by atoms with Crippen molar-refractivity contribution >= 4 is 29.2 Å². The van der Waals surface area contributed by atoms with Gasteiger partial charge in [0, 0.05) is 19.6 Å². The van der Waals surface area contributed by atoms with Crippen molar-refractivity contribution in [2.45, 2.75) is 13.3 Å². The van der Waals surface area contributed by atoms with E-state index in [1.54, 1.807) is 4.90 Å². The van der Waals surface area contributed by atoms with Crippen LogP contribution in [0.1, 0.15) is 13.3 Å². The van der Waals surface area contributed by atoms with E-state index in [0.29, 0.717) is 5.69 Å². The Labute approximate surface area is 118 Å². The molecule has 1 fully saturated rings. The minimum absolute atomic E-state index is 0.0828. The molecule has 1 aromatic rings. The fraction of sp³-hybridized carbons (Fsp3) is 0.500. The van der Waals surface area contributed by atoms with E-state index < -0.39 is 0 Å². The minimum atomic E-state index is 0.0828. The molecular weight excluding hydrogens is 258 g/mol. The van der Waals surface area contributed by atoms with Gasteiger partial charge in [-0.1, -0.05) is 19.1 Å². The zero-order chi connectivity index (χ0) is 13.7. The Morgan fingerprint density at radius 3 is 2.84 bits per heavy atom. The van der Waals surface area contributed by atoms with Crippen molar-refractivity contribution in [3.05, 3.63) is 24.3 Å². The highest BCUT2D eigenvalue weighted by Gasteiger charge is 2.29. The number of nitrogen functional groups attached to an aromatic ring is 1. The lowest BCUT2D eigenvalue weighted by molar-refractivity contribution is 0.221. The van der Waals surface area contributed by atoms with E-state index in [9.17, 15) is 4.79 Å². The summed E-state index contributed by atoms with van der Waals surface area (Å²) in [4.78, 5) is 16.0. The molecule has 19 heavy (non-hydrogen) atoms. The van der Waals surface area contributed by atoms with Crippen molar-refractivity contribution in [2.75, 3.05) is 41.8 Å². The van der Waals surface area contributed by atoms with Crippen LogP contribution in [0.2, 0.25) is 0 Å². The molecule has 4 nitrogen and oxygen atoms in total. The number of hydrogen-bond acceptors (Lipinski definition) is 3. The zero-order valence-corrected chi connectivity index (χ0v) is 12.2. The molecule has 0 atom stereocenters. The van der Waals surface area contributed by atoms with Crippen LogP contribution in [0.5, 0.6) is 0 Å². The molecule has 2 amide bonds. The van der Waals surface area contributed by atoms with Gasteiger partial charge in [-0.15, -0.1) is 0 Å². The van der Waals surface area contributed by atoms with Crippen molar-refractivity contribution in [3.63, 3.8) is 0 Å². The number of hydrogen-bond donors (Lipinski definition) is 1. The molecular formula is C14H21N3OS. The van der Waals surface area contributed by atoms with Gasteiger partial charge in [0.15, 0.2) is 0 Å². The molecule has 5 heteroatoms. The summed E-state index contributed by atoms with van der Waals surface area (Å²) in [7, 11) is 0. The number of nitrogens with two attached hydrogens (primary N) is 1. The van der Waals surface area contributed by atoms with E-state index in [0.717, 1.165) is 43.2 Å². The predicted octanol–water partition coefficient (Wildman–Crippen LogP) is 2.65. The molecule has 0 radical (unpaired) electrons. The monoisotopic (exact) mass is 279 g/mol. The van der Waals surface area contributed by atoms with E-state index in [1.807, 2.05) is 40.9 Å². The Morgan fingerprint density at radius 2 is 2.11 bits per heavy atom. The maximum absolute atomic E-state index is 12.3. The minimum Gasteiger partial charge on any atom is -0.397 e. The fourth-order valence-corrected chi connectivity index (χ4v) is 2.87. The van der Waals surface area contributed by atoms with E-state index in [4.69, 9.17) is 5.73 Å². The summed E-state index contributed by atoms with van der Waals surface area (Å²) < 4.78 is 0. The van der Waals surface area contributed by atoms with E-state index in [-0.39, 0.29) is 6.03 Å². The van der Waals surface area contributed by atoms with Gasteiger partial charge in [0.1, 0.15) is 0 Å². The molecule has 1 aliphatic heterocycles.